The van der Waals surface area contributed by atoms with Gasteiger partial charge in [-0.3, -0.25) is 10.1 Å². The fourth-order valence-corrected chi connectivity index (χ4v) is 3.43. The summed E-state index contributed by atoms with van der Waals surface area (Å²) in [7, 11) is 0. The molecule has 0 bridgehead atoms. The van der Waals surface area contributed by atoms with Crippen LogP contribution < -0.4 is 15.4 Å². The molecule has 2 aromatic carbocycles. The molecule has 0 aromatic heterocycles. The number of benzene rings is 2. The van der Waals surface area contributed by atoms with Crippen LogP contribution >= 0.6 is 50.7 Å². The normalized spacial score (nSPS) is 10.0. The summed E-state index contributed by atoms with van der Waals surface area (Å²) in [6.45, 7) is 2.50. The van der Waals surface area contributed by atoms with E-state index in [1.165, 1.54) is 0 Å². The largest absolute Gasteiger partial charge is 0.494 e. The zero-order chi connectivity index (χ0) is 16.8. The van der Waals surface area contributed by atoms with Crippen molar-refractivity contribution in [1.29, 1.82) is 0 Å². The molecule has 0 aliphatic carbocycles. The molecule has 0 saturated heterocycles. The van der Waals surface area contributed by atoms with E-state index in [4.69, 9.17) is 17.0 Å². The van der Waals surface area contributed by atoms with Gasteiger partial charge in [0.1, 0.15) is 5.75 Å². The summed E-state index contributed by atoms with van der Waals surface area (Å²) in [4.78, 5) is 12.2. The van der Waals surface area contributed by atoms with E-state index < -0.39 is 0 Å². The first kappa shape index (κ1) is 18.2. The molecule has 0 unspecified atom stereocenters. The topological polar surface area (TPSA) is 50.4 Å². The van der Waals surface area contributed by atoms with Crippen molar-refractivity contribution in [3.63, 3.8) is 0 Å². The second kappa shape index (κ2) is 8.60. The molecule has 0 atom stereocenters. The van der Waals surface area contributed by atoms with Crippen molar-refractivity contribution in [2.45, 2.75) is 6.92 Å². The zero-order valence-electron chi connectivity index (χ0n) is 12.2. The molecular weight excluding hydrogens is 491 g/mol. The van der Waals surface area contributed by atoms with E-state index in [1.54, 1.807) is 24.3 Å². The van der Waals surface area contributed by atoms with Gasteiger partial charge < -0.3 is 10.1 Å². The Balaban J connectivity index is 1.97. The lowest BCUT2D eigenvalue weighted by Gasteiger charge is -2.11. The van der Waals surface area contributed by atoms with Gasteiger partial charge in [0.2, 0.25) is 0 Å². The predicted octanol–water partition coefficient (Wildman–Crippen LogP) is 4.58. The van der Waals surface area contributed by atoms with Crippen LogP contribution in [-0.2, 0) is 0 Å². The van der Waals surface area contributed by atoms with Crippen LogP contribution in [0, 0.1) is 3.57 Å². The van der Waals surface area contributed by atoms with Crippen molar-refractivity contribution in [2.75, 3.05) is 11.9 Å². The predicted molar refractivity (Wildman–Crippen MR) is 108 cm³/mol. The van der Waals surface area contributed by atoms with Crippen LogP contribution in [0.25, 0.3) is 0 Å². The van der Waals surface area contributed by atoms with Gasteiger partial charge >= 0.3 is 0 Å². The van der Waals surface area contributed by atoms with Crippen LogP contribution in [0.2, 0.25) is 0 Å². The second-order valence-electron chi connectivity index (χ2n) is 4.49. The van der Waals surface area contributed by atoms with Crippen molar-refractivity contribution in [1.82, 2.24) is 5.32 Å². The number of nitrogens with one attached hydrogen (secondary N) is 2. The van der Waals surface area contributed by atoms with Crippen LogP contribution in [0.3, 0.4) is 0 Å². The Morgan fingerprint density at radius 2 is 1.96 bits per heavy atom. The molecular formula is C16H14BrIN2O2S. The van der Waals surface area contributed by atoms with E-state index in [-0.39, 0.29) is 11.0 Å². The van der Waals surface area contributed by atoms with Gasteiger partial charge in [-0.15, -0.1) is 0 Å². The van der Waals surface area contributed by atoms with E-state index in [0.717, 1.165) is 19.5 Å². The maximum atomic E-state index is 12.2. The number of carbonyl (C=O) groups excluding carboxylic acids is 1. The molecule has 0 saturated carbocycles. The highest BCUT2D eigenvalue weighted by Gasteiger charge is 2.09. The van der Waals surface area contributed by atoms with E-state index in [2.05, 4.69) is 49.2 Å². The summed E-state index contributed by atoms with van der Waals surface area (Å²) >= 11 is 10.8. The van der Waals surface area contributed by atoms with Gasteiger partial charge in [-0.1, -0.05) is 15.9 Å². The fraction of sp³-hybridized carbons (Fsp3) is 0.125. The van der Waals surface area contributed by atoms with Crippen LogP contribution in [0.5, 0.6) is 5.75 Å². The molecule has 2 rings (SSSR count). The van der Waals surface area contributed by atoms with Crippen molar-refractivity contribution >= 4 is 67.4 Å². The highest BCUT2D eigenvalue weighted by molar-refractivity contribution is 14.1. The third-order valence-corrected chi connectivity index (χ3v) is 4.42. The standard InChI is InChI=1S/C16H14BrIN2O2S/c1-2-22-12-6-3-10(4-7-12)15(21)20-16(23)19-14-8-5-11(17)9-13(14)18/h3-9H,2H2,1H3,(H2,19,20,21,23). The minimum atomic E-state index is -0.266. The average molecular weight is 505 g/mol. The summed E-state index contributed by atoms with van der Waals surface area (Å²) in [5.74, 6) is 0.465. The molecule has 0 aliphatic rings. The number of carbonyl (C=O) groups is 1. The fourth-order valence-electron chi connectivity index (χ4n) is 1.79. The highest BCUT2D eigenvalue weighted by atomic mass is 127. The third-order valence-electron chi connectivity index (χ3n) is 2.83. The van der Waals surface area contributed by atoms with Gasteiger partial charge in [0.15, 0.2) is 5.11 Å². The number of amides is 1. The second-order valence-corrected chi connectivity index (χ2v) is 6.98. The molecule has 0 fully saturated rings. The van der Waals surface area contributed by atoms with Gasteiger partial charge in [-0.25, -0.2) is 0 Å². The lowest BCUT2D eigenvalue weighted by molar-refractivity contribution is 0.0977. The van der Waals surface area contributed by atoms with Crippen molar-refractivity contribution < 1.29 is 9.53 Å². The number of hydrogen-bond acceptors (Lipinski definition) is 3. The zero-order valence-corrected chi connectivity index (χ0v) is 16.8. The Hall–Kier alpha value is -1.19. The number of ether oxygens (including phenoxy) is 1. The first-order chi connectivity index (χ1) is 11.0. The first-order valence-electron chi connectivity index (χ1n) is 6.80. The summed E-state index contributed by atoms with van der Waals surface area (Å²) in [5, 5.41) is 5.93. The number of anilines is 1. The molecule has 1 amide bonds. The smallest absolute Gasteiger partial charge is 0.257 e. The molecule has 120 valence electrons. The lowest BCUT2D eigenvalue weighted by atomic mass is 10.2. The summed E-state index contributed by atoms with van der Waals surface area (Å²) in [5.41, 5.74) is 1.36. The van der Waals surface area contributed by atoms with Gasteiger partial charge in [0.25, 0.3) is 5.91 Å². The molecule has 0 radical (unpaired) electrons. The number of thiocarbonyl (C=S) groups is 1. The highest BCUT2D eigenvalue weighted by Crippen LogP contribution is 2.22. The Kier molecular flexibility index (Phi) is 6.79. The Morgan fingerprint density at radius 3 is 2.57 bits per heavy atom. The van der Waals surface area contributed by atoms with Crippen molar-refractivity contribution in [2.24, 2.45) is 0 Å². The monoisotopic (exact) mass is 504 g/mol. The molecule has 0 aliphatic heterocycles. The van der Waals surface area contributed by atoms with Crippen molar-refractivity contribution in [3.05, 3.63) is 56.1 Å². The van der Waals surface area contributed by atoms with E-state index in [1.807, 2.05) is 25.1 Å². The summed E-state index contributed by atoms with van der Waals surface area (Å²) < 4.78 is 7.33. The van der Waals surface area contributed by atoms with Crippen molar-refractivity contribution in [3.8, 4) is 5.75 Å². The Labute approximate surface area is 162 Å². The number of halogens is 2. The molecule has 0 spiro atoms. The Bertz CT molecular complexity index is 723. The Morgan fingerprint density at radius 1 is 1.26 bits per heavy atom. The molecule has 4 nitrogen and oxygen atoms in total. The number of hydrogen-bond donors (Lipinski definition) is 2. The molecule has 0 heterocycles. The maximum absolute atomic E-state index is 12.2. The molecule has 7 heteroatoms. The quantitative estimate of drug-likeness (QED) is 0.472. The maximum Gasteiger partial charge on any atom is 0.257 e. The van der Waals surface area contributed by atoms with Gasteiger partial charge in [0, 0.05) is 13.6 Å². The lowest BCUT2D eigenvalue weighted by Crippen LogP contribution is -2.34. The summed E-state index contributed by atoms with van der Waals surface area (Å²) in [6, 6.07) is 12.7. The third kappa shape index (κ3) is 5.43. The average Bonchev–Trinajstić information content (AvgIpc) is 2.51. The van der Waals surface area contributed by atoms with Crippen LogP contribution in [-0.4, -0.2) is 17.6 Å². The van der Waals surface area contributed by atoms with E-state index >= 15 is 0 Å². The van der Waals surface area contributed by atoms with Gasteiger partial charge in [-0.05, 0) is 84.2 Å². The molecule has 2 aromatic rings. The summed E-state index contributed by atoms with van der Waals surface area (Å²) in [6.07, 6.45) is 0. The molecule has 23 heavy (non-hydrogen) atoms. The van der Waals surface area contributed by atoms with E-state index in [0.29, 0.717) is 12.2 Å². The van der Waals surface area contributed by atoms with Gasteiger partial charge in [0.05, 0.1) is 12.3 Å². The number of rotatable bonds is 4. The van der Waals surface area contributed by atoms with E-state index in [9.17, 15) is 4.79 Å². The van der Waals surface area contributed by atoms with Crippen LogP contribution in [0.1, 0.15) is 17.3 Å². The minimum Gasteiger partial charge on any atom is -0.494 e. The minimum absolute atomic E-state index is 0.254. The van der Waals surface area contributed by atoms with Crippen LogP contribution in [0.4, 0.5) is 5.69 Å². The van der Waals surface area contributed by atoms with Gasteiger partial charge in [-0.2, -0.15) is 0 Å². The van der Waals surface area contributed by atoms with Crippen LogP contribution in [0.15, 0.2) is 46.9 Å². The SMILES string of the molecule is CCOc1ccc(C(=O)NC(=S)Nc2ccc(Br)cc2I)cc1. The first-order valence-corrected chi connectivity index (χ1v) is 9.08. The molecule has 2 N–H and O–H groups in total.